The Bertz CT molecular complexity index is 969. The van der Waals surface area contributed by atoms with Crippen molar-refractivity contribution in [3.05, 3.63) is 59.3 Å². The van der Waals surface area contributed by atoms with Gasteiger partial charge in [-0.1, -0.05) is 18.2 Å². The van der Waals surface area contributed by atoms with Gasteiger partial charge in [-0.3, -0.25) is 9.78 Å². The first kappa shape index (κ1) is 18.5. The number of aryl methyl sites for hydroxylation is 1. The number of amides is 1. The molecule has 0 fully saturated rings. The van der Waals surface area contributed by atoms with Crippen LogP contribution in [0.1, 0.15) is 22.5 Å². The van der Waals surface area contributed by atoms with Crippen molar-refractivity contribution in [3.8, 4) is 0 Å². The van der Waals surface area contributed by atoms with Crippen molar-refractivity contribution >= 4 is 22.8 Å². The number of para-hydroxylation sites is 1. The number of hydrogen-bond acceptors (Lipinski definition) is 5. The number of carbonyl (C=O) groups is 2. The summed E-state index contributed by atoms with van der Waals surface area (Å²) in [5, 5.41) is 22.3. The average Bonchev–Trinajstić information content (AvgIpc) is 3.14. The summed E-state index contributed by atoms with van der Waals surface area (Å²) in [6.07, 6.45) is 3.09. The van der Waals surface area contributed by atoms with Crippen LogP contribution in [0.25, 0.3) is 10.9 Å². The number of nitrogens with zero attached hydrogens (tertiary/aromatic N) is 2. The van der Waals surface area contributed by atoms with E-state index in [1.165, 1.54) is 12.5 Å². The smallest absolute Gasteiger partial charge is 0.326 e. The maximum atomic E-state index is 12.5. The molecule has 0 aliphatic heterocycles. The molecule has 27 heavy (non-hydrogen) atoms. The molecule has 8 nitrogen and oxygen atoms in total. The number of rotatable bonds is 7. The number of fused-ring (bicyclic) bond motifs is 1. The van der Waals surface area contributed by atoms with Crippen molar-refractivity contribution in [1.29, 1.82) is 0 Å². The molecule has 0 saturated heterocycles. The normalized spacial score (nSPS) is 12.1. The van der Waals surface area contributed by atoms with Crippen LogP contribution in [-0.2, 0) is 29.0 Å². The zero-order valence-corrected chi connectivity index (χ0v) is 14.8. The molecule has 0 saturated carbocycles. The van der Waals surface area contributed by atoms with Gasteiger partial charge in [0.2, 0.25) is 5.91 Å². The van der Waals surface area contributed by atoms with E-state index >= 15 is 0 Å². The molecular weight excluding hydrogens is 348 g/mol. The lowest BCUT2D eigenvalue weighted by molar-refractivity contribution is -0.141. The van der Waals surface area contributed by atoms with Crippen molar-refractivity contribution in [3.63, 3.8) is 0 Å². The zero-order valence-electron chi connectivity index (χ0n) is 14.8. The predicted molar refractivity (Wildman–Crippen MR) is 98.0 cm³/mol. The van der Waals surface area contributed by atoms with Crippen LogP contribution in [0.15, 0.2) is 36.8 Å². The highest BCUT2D eigenvalue weighted by Crippen LogP contribution is 2.22. The van der Waals surface area contributed by atoms with Crippen molar-refractivity contribution < 1.29 is 19.8 Å². The molecule has 1 aromatic carbocycles. The van der Waals surface area contributed by atoms with E-state index in [0.717, 1.165) is 16.6 Å². The summed E-state index contributed by atoms with van der Waals surface area (Å²) in [5.41, 5.74) is 3.41. The molecule has 0 aliphatic carbocycles. The Kier molecular flexibility index (Phi) is 5.46. The number of carboxylic acid groups (broad SMARTS) is 1. The Morgan fingerprint density at radius 3 is 2.78 bits per heavy atom. The van der Waals surface area contributed by atoms with E-state index in [-0.39, 0.29) is 19.4 Å². The van der Waals surface area contributed by atoms with Crippen molar-refractivity contribution in [2.75, 3.05) is 0 Å². The Labute approximate surface area is 155 Å². The second-order valence-electron chi connectivity index (χ2n) is 6.31. The molecule has 8 heteroatoms. The van der Waals surface area contributed by atoms with Crippen LogP contribution < -0.4 is 5.32 Å². The third-order valence-electron chi connectivity index (χ3n) is 4.27. The number of aromatic nitrogens is 3. The lowest BCUT2D eigenvalue weighted by Crippen LogP contribution is -2.43. The molecule has 0 unspecified atom stereocenters. The second-order valence-corrected chi connectivity index (χ2v) is 6.31. The van der Waals surface area contributed by atoms with Gasteiger partial charge in [-0.05, 0) is 24.1 Å². The van der Waals surface area contributed by atoms with Gasteiger partial charge in [0.25, 0.3) is 0 Å². The van der Waals surface area contributed by atoms with E-state index < -0.39 is 17.9 Å². The van der Waals surface area contributed by atoms with Gasteiger partial charge in [0, 0.05) is 29.4 Å². The molecule has 0 radical (unpaired) electrons. The van der Waals surface area contributed by atoms with E-state index in [1.54, 1.807) is 18.2 Å². The number of H-pyrrole nitrogens is 1. The molecule has 1 amide bonds. The van der Waals surface area contributed by atoms with E-state index in [2.05, 4.69) is 20.3 Å². The molecule has 3 rings (SSSR count). The quantitative estimate of drug-likeness (QED) is 0.495. The van der Waals surface area contributed by atoms with E-state index in [4.69, 9.17) is 0 Å². The van der Waals surface area contributed by atoms with E-state index in [9.17, 15) is 19.8 Å². The third kappa shape index (κ3) is 4.29. The van der Waals surface area contributed by atoms with Gasteiger partial charge in [0.1, 0.15) is 6.04 Å². The maximum Gasteiger partial charge on any atom is 0.326 e. The lowest BCUT2D eigenvalue weighted by Gasteiger charge is -2.15. The first-order valence-electron chi connectivity index (χ1n) is 8.46. The van der Waals surface area contributed by atoms with Gasteiger partial charge in [0.15, 0.2) is 0 Å². The molecule has 1 atom stereocenters. The van der Waals surface area contributed by atoms with Crippen molar-refractivity contribution in [2.45, 2.75) is 32.4 Å². The van der Waals surface area contributed by atoms with Gasteiger partial charge >= 0.3 is 5.97 Å². The van der Waals surface area contributed by atoms with Crippen LogP contribution in [-0.4, -0.2) is 43.1 Å². The fourth-order valence-corrected chi connectivity index (χ4v) is 3.03. The first-order chi connectivity index (χ1) is 13.0. The fraction of sp³-hybridized carbons (Fsp3) is 0.263. The van der Waals surface area contributed by atoms with Crippen LogP contribution >= 0.6 is 0 Å². The molecular formula is C19H20N4O4. The molecule has 0 aliphatic rings. The molecule has 4 N–H and O–H groups in total. The molecule has 3 aromatic rings. The number of aromatic amines is 1. The number of aliphatic hydroxyl groups is 1. The second kappa shape index (κ2) is 7.96. The molecule has 140 valence electrons. The Morgan fingerprint density at radius 1 is 1.30 bits per heavy atom. The number of hydrogen-bond donors (Lipinski definition) is 4. The summed E-state index contributed by atoms with van der Waals surface area (Å²) < 4.78 is 0. The molecule has 2 heterocycles. The summed E-state index contributed by atoms with van der Waals surface area (Å²) in [7, 11) is 0. The third-order valence-corrected chi connectivity index (χ3v) is 4.27. The molecule has 0 spiro atoms. The SMILES string of the molecule is Cc1cc(CO)c2cccc(CC(=O)N[C@H](Cc3cnc[nH]3)C(=O)O)c2n1. The van der Waals surface area contributed by atoms with Gasteiger partial charge in [-0.25, -0.2) is 9.78 Å². The number of benzene rings is 1. The molecule has 0 bridgehead atoms. The maximum absolute atomic E-state index is 12.5. The summed E-state index contributed by atoms with van der Waals surface area (Å²) >= 11 is 0. The van der Waals surface area contributed by atoms with Crippen molar-refractivity contribution in [1.82, 2.24) is 20.3 Å². The minimum Gasteiger partial charge on any atom is -0.480 e. The highest BCUT2D eigenvalue weighted by molar-refractivity contribution is 5.91. The number of pyridine rings is 1. The Hall–Kier alpha value is -3.26. The summed E-state index contributed by atoms with van der Waals surface area (Å²) in [4.78, 5) is 35.1. The number of carbonyl (C=O) groups excluding carboxylic acids is 1. The first-order valence-corrected chi connectivity index (χ1v) is 8.46. The number of aliphatic hydroxyl groups excluding tert-OH is 1. The summed E-state index contributed by atoms with van der Waals surface area (Å²) in [6.45, 7) is 1.70. The number of carboxylic acids is 1. The monoisotopic (exact) mass is 368 g/mol. The predicted octanol–water partition coefficient (Wildman–Crippen LogP) is 1.11. The fourth-order valence-electron chi connectivity index (χ4n) is 3.03. The highest BCUT2D eigenvalue weighted by Gasteiger charge is 2.21. The average molecular weight is 368 g/mol. The van der Waals surface area contributed by atoms with Crippen LogP contribution in [0.5, 0.6) is 0 Å². The number of nitrogens with one attached hydrogen (secondary N) is 2. The van der Waals surface area contributed by atoms with Gasteiger partial charge in [-0.15, -0.1) is 0 Å². The lowest BCUT2D eigenvalue weighted by atomic mass is 10.0. The van der Waals surface area contributed by atoms with Crippen LogP contribution in [0.3, 0.4) is 0 Å². The van der Waals surface area contributed by atoms with Crippen molar-refractivity contribution in [2.24, 2.45) is 0 Å². The van der Waals surface area contributed by atoms with E-state index in [0.29, 0.717) is 16.8 Å². The van der Waals surface area contributed by atoms with E-state index in [1.807, 2.05) is 13.0 Å². The minimum atomic E-state index is -1.12. The number of aliphatic carboxylic acids is 1. The van der Waals surface area contributed by atoms with Crippen LogP contribution in [0.2, 0.25) is 0 Å². The topological polar surface area (TPSA) is 128 Å². The summed E-state index contributed by atoms with van der Waals surface area (Å²) in [5.74, 6) is -1.53. The number of imidazole rings is 1. The standard InChI is InChI=1S/C19H20N4O4/c1-11-5-13(9-24)15-4-2-3-12(18(15)22-11)6-17(25)23-16(19(26)27)7-14-8-20-10-21-14/h2-5,8,10,16,24H,6-7,9H2,1H3,(H,20,21)(H,23,25)(H,26,27)/t16-/m1/s1. The van der Waals surface area contributed by atoms with Gasteiger partial charge in [-0.2, -0.15) is 0 Å². The molecule has 2 aromatic heterocycles. The summed E-state index contributed by atoms with van der Waals surface area (Å²) in [6, 6.07) is 6.15. The largest absolute Gasteiger partial charge is 0.480 e. The van der Waals surface area contributed by atoms with Gasteiger partial charge < -0.3 is 20.5 Å². The van der Waals surface area contributed by atoms with Gasteiger partial charge in [0.05, 0.1) is 24.9 Å². The zero-order chi connectivity index (χ0) is 19.4. The Morgan fingerprint density at radius 2 is 2.11 bits per heavy atom. The minimum absolute atomic E-state index is 0.00851. The highest BCUT2D eigenvalue weighted by atomic mass is 16.4. The Balaban J connectivity index is 1.81. The van der Waals surface area contributed by atoms with Crippen LogP contribution in [0.4, 0.5) is 0 Å². The van der Waals surface area contributed by atoms with Crippen LogP contribution in [0, 0.1) is 6.92 Å².